The summed E-state index contributed by atoms with van der Waals surface area (Å²) in [6, 6.07) is 16.4. The lowest BCUT2D eigenvalue weighted by Gasteiger charge is -2.15. The third kappa shape index (κ3) is 4.08. The molecule has 0 atom stereocenters. The first kappa shape index (κ1) is 19.2. The zero-order chi connectivity index (χ0) is 19.4. The quantitative estimate of drug-likeness (QED) is 0.640. The van der Waals surface area contributed by atoms with E-state index in [0.717, 1.165) is 17.7 Å². The SMILES string of the molecule is CCCOc1ccc(C2=C(SC(C)C)C(=O)N(c3ccccc3)C2=O)cc1. The van der Waals surface area contributed by atoms with E-state index in [1.165, 1.54) is 16.7 Å². The van der Waals surface area contributed by atoms with Crippen LogP contribution in [-0.4, -0.2) is 23.7 Å². The van der Waals surface area contributed by atoms with Crippen LogP contribution in [0.15, 0.2) is 59.5 Å². The van der Waals surface area contributed by atoms with Crippen molar-refractivity contribution < 1.29 is 14.3 Å². The maximum Gasteiger partial charge on any atom is 0.272 e. The average molecular weight is 381 g/mol. The largest absolute Gasteiger partial charge is 0.494 e. The van der Waals surface area contributed by atoms with Gasteiger partial charge < -0.3 is 4.74 Å². The highest BCUT2D eigenvalue weighted by Crippen LogP contribution is 2.40. The minimum absolute atomic E-state index is 0.189. The van der Waals surface area contributed by atoms with Crippen LogP contribution in [0.5, 0.6) is 5.75 Å². The number of ether oxygens (including phenoxy) is 1. The van der Waals surface area contributed by atoms with Crippen LogP contribution in [0, 0.1) is 0 Å². The Kier molecular flexibility index (Phi) is 6.01. The standard InChI is InChI=1S/C22H23NO3S/c1-4-14-26-18-12-10-16(11-13-18)19-20(27-15(2)3)22(25)23(21(19)24)17-8-6-5-7-9-17/h5-13,15H,4,14H2,1-3H3. The molecule has 0 saturated carbocycles. The molecule has 0 aliphatic carbocycles. The van der Waals surface area contributed by atoms with Crippen LogP contribution in [0.2, 0.25) is 0 Å². The Hall–Kier alpha value is -2.53. The van der Waals surface area contributed by atoms with Gasteiger partial charge in [0, 0.05) is 5.25 Å². The van der Waals surface area contributed by atoms with Gasteiger partial charge in [-0.2, -0.15) is 0 Å². The van der Waals surface area contributed by atoms with E-state index >= 15 is 0 Å². The van der Waals surface area contributed by atoms with E-state index in [-0.39, 0.29) is 17.1 Å². The van der Waals surface area contributed by atoms with Gasteiger partial charge in [-0.25, -0.2) is 4.90 Å². The lowest BCUT2D eigenvalue weighted by atomic mass is 10.1. The molecular formula is C22H23NO3S. The molecule has 0 radical (unpaired) electrons. The summed E-state index contributed by atoms with van der Waals surface area (Å²) in [7, 11) is 0. The monoisotopic (exact) mass is 381 g/mol. The number of thioether (sulfide) groups is 1. The molecule has 0 fully saturated rings. The first-order valence-electron chi connectivity index (χ1n) is 9.11. The Morgan fingerprint density at radius 1 is 0.963 bits per heavy atom. The van der Waals surface area contributed by atoms with E-state index in [4.69, 9.17) is 4.74 Å². The summed E-state index contributed by atoms with van der Waals surface area (Å²) in [5.74, 6) is 0.221. The molecule has 0 bridgehead atoms. The van der Waals surface area contributed by atoms with E-state index in [2.05, 4.69) is 6.92 Å². The second kappa shape index (κ2) is 8.44. The predicted molar refractivity (Wildman–Crippen MR) is 111 cm³/mol. The van der Waals surface area contributed by atoms with Crippen LogP contribution in [0.25, 0.3) is 5.57 Å². The minimum atomic E-state index is -0.281. The van der Waals surface area contributed by atoms with Crippen LogP contribution < -0.4 is 9.64 Å². The maximum absolute atomic E-state index is 13.2. The van der Waals surface area contributed by atoms with Crippen molar-refractivity contribution in [1.82, 2.24) is 0 Å². The Morgan fingerprint density at radius 3 is 2.22 bits per heavy atom. The molecular weight excluding hydrogens is 358 g/mol. The number of anilines is 1. The van der Waals surface area contributed by atoms with E-state index in [1.807, 2.05) is 56.3 Å². The van der Waals surface area contributed by atoms with Gasteiger partial charge in [-0.15, -0.1) is 11.8 Å². The molecule has 4 nitrogen and oxygen atoms in total. The molecule has 140 valence electrons. The van der Waals surface area contributed by atoms with Gasteiger partial charge >= 0.3 is 0 Å². The first-order valence-corrected chi connectivity index (χ1v) is 9.99. The number of hydrogen-bond donors (Lipinski definition) is 0. The highest BCUT2D eigenvalue weighted by atomic mass is 32.2. The van der Waals surface area contributed by atoms with Crippen LogP contribution in [0.1, 0.15) is 32.8 Å². The number of rotatable bonds is 7. The maximum atomic E-state index is 13.2. The Bertz CT molecular complexity index is 857. The van der Waals surface area contributed by atoms with Crippen molar-refractivity contribution in [2.24, 2.45) is 0 Å². The molecule has 5 heteroatoms. The minimum Gasteiger partial charge on any atom is -0.494 e. The molecule has 2 aromatic rings. The average Bonchev–Trinajstić information content (AvgIpc) is 2.90. The van der Waals surface area contributed by atoms with Crippen LogP contribution >= 0.6 is 11.8 Å². The van der Waals surface area contributed by atoms with E-state index in [1.54, 1.807) is 12.1 Å². The highest BCUT2D eigenvalue weighted by molar-refractivity contribution is 8.04. The molecule has 0 N–H and O–H groups in total. The van der Waals surface area contributed by atoms with E-state index in [0.29, 0.717) is 22.8 Å². The number of imide groups is 1. The topological polar surface area (TPSA) is 46.6 Å². The van der Waals surface area contributed by atoms with Gasteiger partial charge in [0.1, 0.15) is 5.75 Å². The normalized spacial score (nSPS) is 14.4. The molecule has 0 unspecified atom stereocenters. The summed E-state index contributed by atoms with van der Waals surface area (Å²) in [6.07, 6.45) is 0.932. The van der Waals surface area contributed by atoms with E-state index in [9.17, 15) is 9.59 Å². The van der Waals surface area contributed by atoms with E-state index < -0.39 is 0 Å². The van der Waals surface area contributed by atoms with Crippen molar-refractivity contribution in [2.45, 2.75) is 32.4 Å². The fourth-order valence-corrected chi connectivity index (χ4v) is 3.85. The molecule has 1 heterocycles. The number of hydrogen-bond acceptors (Lipinski definition) is 4. The van der Waals surface area contributed by atoms with Crippen molar-refractivity contribution in [3.8, 4) is 5.75 Å². The van der Waals surface area contributed by atoms with Crippen LogP contribution in [0.4, 0.5) is 5.69 Å². The van der Waals surface area contributed by atoms with Gasteiger partial charge in [0.25, 0.3) is 11.8 Å². The third-order valence-corrected chi connectivity index (χ3v) is 5.11. The van der Waals surface area contributed by atoms with Gasteiger partial charge in [0.15, 0.2) is 0 Å². The van der Waals surface area contributed by atoms with Crippen molar-refractivity contribution in [1.29, 1.82) is 0 Å². The molecule has 2 aromatic carbocycles. The first-order chi connectivity index (χ1) is 13.0. The van der Waals surface area contributed by atoms with Crippen molar-refractivity contribution >= 4 is 34.8 Å². The molecule has 1 aliphatic rings. The van der Waals surface area contributed by atoms with Crippen LogP contribution in [0.3, 0.4) is 0 Å². The summed E-state index contributed by atoms with van der Waals surface area (Å²) < 4.78 is 5.62. The number of carbonyl (C=O) groups is 2. The molecule has 0 aromatic heterocycles. The van der Waals surface area contributed by atoms with Crippen molar-refractivity contribution in [2.75, 3.05) is 11.5 Å². The molecule has 3 rings (SSSR count). The highest BCUT2D eigenvalue weighted by Gasteiger charge is 2.40. The zero-order valence-electron chi connectivity index (χ0n) is 15.8. The summed E-state index contributed by atoms with van der Waals surface area (Å²) >= 11 is 1.43. The summed E-state index contributed by atoms with van der Waals surface area (Å²) in [6.45, 7) is 6.73. The Morgan fingerprint density at radius 2 is 1.63 bits per heavy atom. The van der Waals surface area contributed by atoms with Gasteiger partial charge in [-0.05, 0) is 36.2 Å². The molecule has 1 aliphatic heterocycles. The summed E-state index contributed by atoms with van der Waals surface area (Å²) in [4.78, 5) is 28.0. The second-order valence-electron chi connectivity index (χ2n) is 6.52. The number of amides is 2. The summed E-state index contributed by atoms with van der Waals surface area (Å²) in [5, 5.41) is 0.189. The Labute approximate surface area is 164 Å². The van der Waals surface area contributed by atoms with Crippen molar-refractivity contribution in [3.05, 3.63) is 65.1 Å². The second-order valence-corrected chi connectivity index (χ2v) is 8.11. The zero-order valence-corrected chi connectivity index (χ0v) is 16.6. The number of benzene rings is 2. The number of para-hydroxylation sites is 1. The number of carbonyl (C=O) groups excluding carboxylic acids is 2. The van der Waals surface area contributed by atoms with Gasteiger partial charge in [0.2, 0.25) is 0 Å². The van der Waals surface area contributed by atoms with Gasteiger partial charge in [-0.1, -0.05) is 51.1 Å². The molecule has 2 amide bonds. The lowest BCUT2D eigenvalue weighted by molar-refractivity contribution is -0.119. The van der Waals surface area contributed by atoms with Gasteiger partial charge in [0.05, 0.1) is 22.8 Å². The smallest absolute Gasteiger partial charge is 0.272 e. The predicted octanol–water partition coefficient (Wildman–Crippen LogP) is 4.90. The van der Waals surface area contributed by atoms with Gasteiger partial charge in [-0.3, -0.25) is 9.59 Å². The molecule has 0 saturated heterocycles. The number of nitrogens with zero attached hydrogens (tertiary/aromatic N) is 1. The fourth-order valence-electron chi connectivity index (χ4n) is 2.86. The third-order valence-electron chi connectivity index (χ3n) is 4.03. The van der Waals surface area contributed by atoms with Crippen molar-refractivity contribution in [3.63, 3.8) is 0 Å². The lowest BCUT2D eigenvalue weighted by Crippen LogP contribution is -2.31. The summed E-state index contributed by atoms with van der Waals surface area (Å²) in [5.41, 5.74) is 1.79. The van der Waals surface area contributed by atoms with Crippen LogP contribution in [-0.2, 0) is 9.59 Å². The fraction of sp³-hybridized carbons (Fsp3) is 0.273. The molecule has 27 heavy (non-hydrogen) atoms. The molecule has 0 spiro atoms. The Balaban J connectivity index is 1.99.